The van der Waals surface area contributed by atoms with Gasteiger partial charge in [0.2, 0.25) is 0 Å². The van der Waals surface area contributed by atoms with Gasteiger partial charge in [0.15, 0.2) is 0 Å². The number of anilines is 1. The fraction of sp³-hybridized carbons (Fsp3) is 0.0714. The number of nitro groups is 1. The van der Waals surface area contributed by atoms with Crippen LogP contribution < -0.4 is 10.5 Å². The van der Waals surface area contributed by atoms with Crippen molar-refractivity contribution in [1.82, 2.24) is 10.2 Å². The Morgan fingerprint density at radius 1 is 1.33 bits per heavy atom. The molecule has 106 valence electrons. The van der Waals surface area contributed by atoms with Crippen LogP contribution in [-0.2, 0) is 0 Å². The zero-order valence-electron chi connectivity index (χ0n) is 11.2. The molecule has 3 rings (SSSR count). The van der Waals surface area contributed by atoms with Gasteiger partial charge in [0, 0.05) is 17.0 Å². The van der Waals surface area contributed by atoms with E-state index in [1.807, 2.05) is 12.1 Å². The Morgan fingerprint density at radius 2 is 2.14 bits per heavy atom. The molecular formula is C14H12N4O3. The first-order chi connectivity index (χ1) is 10.1. The standard InChI is InChI=1S/C14H12N4O3/c1-21-12-7-8(18(19)20)5-6-9(12)13-10-3-2-4-11(15)14(10)17-16-13/h2-7H,15H2,1H3,(H,16,17). The van der Waals surface area contributed by atoms with E-state index in [9.17, 15) is 10.1 Å². The Labute approximate surface area is 119 Å². The highest BCUT2D eigenvalue weighted by atomic mass is 16.6. The first kappa shape index (κ1) is 12.9. The molecule has 1 heterocycles. The quantitative estimate of drug-likeness (QED) is 0.437. The van der Waals surface area contributed by atoms with Gasteiger partial charge in [-0.15, -0.1) is 0 Å². The normalized spacial score (nSPS) is 10.7. The molecule has 0 saturated heterocycles. The summed E-state index contributed by atoms with van der Waals surface area (Å²) in [7, 11) is 1.46. The predicted octanol–water partition coefficient (Wildman–Crippen LogP) is 2.73. The van der Waals surface area contributed by atoms with E-state index in [2.05, 4.69) is 10.2 Å². The molecule has 7 heteroatoms. The number of nitrogens with zero attached hydrogens (tertiary/aromatic N) is 2. The van der Waals surface area contributed by atoms with Crippen LogP contribution >= 0.6 is 0 Å². The summed E-state index contributed by atoms with van der Waals surface area (Å²) in [6.45, 7) is 0. The number of para-hydroxylation sites is 1. The number of methoxy groups -OCH3 is 1. The Hall–Kier alpha value is -3.09. The molecule has 0 fully saturated rings. The minimum atomic E-state index is -0.465. The van der Waals surface area contributed by atoms with Gasteiger partial charge >= 0.3 is 0 Å². The van der Waals surface area contributed by atoms with Crippen LogP contribution in [0.1, 0.15) is 0 Å². The van der Waals surface area contributed by atoms with Gasteiger partial charge in [-0.05, 0) is 12.1 Å². The van der Waals surface area contributed by atoms with Gasteiger partial charge < -0.3 is 10.5 Å². The fourth-order valence-electron chi connectivity index (χ4n) is 2.26. The highest BCUT2D eigenvalue weighted by Crippen LogP contribution is 2.36. The van der Waals surface area contributed by atoms with Crippen molar-refractivity contribution in [2.45, 2.75) is 0 Å². The van der Waals surface area contributed by atoms with Gasteiger partial charge in [0.05, 0.1) is 29.3 Å². The number of hydrogen-bond donors (Lipinski definition) is 2. The number of nitrogen functional groups attached to an aromatic ring is 1. The lowest BCUT2D eigenvalue weighted by Crippen LogP contribution is -1.93. The highest BCUT2D eigenvalue weighted by molar-refractivity contribution is 5.99. The summed E-state index contributed by atoms with van der Waals surface area (Å²) in [5.74, 6) is 0.389. The van der Waals surface area contributed by atoms with Crippen molar-refractivity contribution in [2.75, 3.05) is 12.8 Å². The largest absolute Gasteiger partial charge is 0.496 e. The van der Waals surface area contributed by atoms with Crippen LogP contribution in [0, 0.1) is 10.1 Å². The monoisotopic (exact) mass is 284 g/mol. The fourth-order valence-corrected chi connectivity index (χ4v) is 2.26. The molecule has 0 radical (unpaired) electrons. The topological polar surface area (TPSA) is 107 Å². The lowest BCUT2D eigenvalue weighted by molar-refractivity contribution is -0.384. The molecule has 0 aliphatic heterocycles. The van der Waals surface area contributed by atoms with Gasteiger partial charge in [-0.3, -0.25) is 15.2 Å². The molecule has 0 amide bonds. The third-order valence-electron chi connectivity index (χ3n) is 3.28. The number of aromatic nitrogens is 2. The molecule has 3 N–H and O–H groups in total. The van der Waals surface area contributed by atoms with Gasteiger partial charge in [-0.25, -0.2) is 0 Å². The van der Waals surface area contributed by atoms with Crippen LogP contribution in [0.2, 0.25) is 0 Å². The number of aromatic amines is 1. The summed E-state index contributed by atoms with van der Waals surface area (Å²) in [5.41, 5.74) is 8.49. The second-order valence-electron chi connectivity index (χ2n) is 4.48. The van der Waals surface area contributed by atoms with Crippen LogP contribution in [0.25, 0.3) is 22.2 Å². The Morgan fingerprint density at radius 3 is 2.86 bits per heavy atom. The maximum atomic E-state index is 10.8. The van der Waals surface area contributed by atoms with E-state index in [0.29, 0.717) is 22.7 Å². The second-order valence-corrected chi connectivity index (χ2v) is 4.48. The van der Waals surface area contributed by atoms with E-state index in [0.717, 1.165) is 10.9 Å². The number of benzene rings is 2. The van der Waals surface area contributed by atoms with Crippen molar-refractivity contribution >= 4 is 22.3 Å². The third kappa shape index (κ3) is 2.04. The molecule has 2 aromatic carbocycles. The Balaban J connectivity index is 2.23. The Bertz CT molecular complexity index is 841. The van der Waals surface area contributed by atoms with Crippen LogP contribution in [0.5, 0.6) is 5.75 Å². The summed E-state index contributed by atoms with van der Waals surface area (Å²) >= 11 is 0. The van der Waals surface area contributed by atoms with Gasteiger partial charge in [0.1, 0.15) is 11.4 Å². The van der Waals surface area contributed by atoms with Crippen molar-refractivity contribution < 1.29 is 9.66 Å². The summed E-state index contributed by atoms with van der Waals surface area (Å²) < 4.78 is 5.25. The molecule has 21 heavy (non-hydrogen) atoms. The maximum absolute atomic E-state index is 10.8. The summed E-state index contributed by atoms with van der Waals surface area (Å²) in [4.78, 5) is 10.4. The molecule has 0 spiro atoms. The molecule has 0 saturated carbocycles. The summed E-state index contributed by atoms with van der Waals surface area (Å²) in [5, 5.41) is 18.8. The van der Waals surface area contributed by atoms with Crippen molar-refractivity contribution in [3.8, 4) is 17.0 Å². The maximum Gasteiger partial charge on any atom is 0.273 e. The third-order valence-corrected chi connectivity index (χ3v) is 3.28. The number of rotatable bonds is 3. The summed E-state index contributed by atoms with van der Waals surface area (Å²) in [6, 6.07) is 9.90. The number of nitrogens with two attached hydrogens (primary N) is 1. The number of fused-ring (bicyclic) bond motifs is 1. The van der Waals surface area contributed by atoms with Crippen molar-refractivity contribution in [3.05, 3.63) is 46.5 Å². The molecule has 0 aliphatic carbocycles. The molecule has 0 bridgehead atoms. The number of hydrogen-bond acceptors (Lipinski definition) is 5. The second kappa shape index (κ2) is 4.78. The van der Waals surface area contributed by atoms with E-state index in [4.69, 9.17) is 10.5 Å². The van der Waals surface area contributed by atoms with Gasteiger partial charge in [0.25, 0.3) is 5.69 Å². The van der Waals surface area contributed by atoms with E-state index in [1.165, 1.54) is 19.2 Å². The smallest absolute Gasteiger partial charge is 0.273 e. The SMILES string of the molecule is COc1cc([N+](=O)[O-])ccc1-c1n[nH]c2c(N)cccc12. The first-order valence-corrected chi connectivity index (χ1v) is 6.17. The van der Waals surface area contributed by atoms with Gasteiger partial charge in [-0.1, -0.05) is 12.1 Å². The Kier molecular flexibility index (Phi) is 2.94. The lowest BCUT2D eigenvalue weighted by atomic mass is 10.1. The molecular weight excluding hydrogens is 272 g/mol. The van der Waals surface area contributed by atoms with Crippen LogP contribution in [0.4, 0.5) is 11.4 Å². The number of non-ortho nitro benzene ring substituents is 1. The van der Waals surface area contributed by atoms with Crippen molar-refractivity contribution in [2.24, 2.45) is 0 Å². The molecule has 1 aromatic heterocycles. The minimum absolute atomic E-state index is 0.0324. The van der Waals surface area contributed by atoms with Crippen LogP contribution in [0.3, 0.4) is 0 Å². The zero-order chi connectivity index (χ0) is 15.0. The van der Waals surface area contributed by atoms with E-state index >= 15 is 0 Å². The number of nitrogens with one attached hydrogen (secondary N) is 1. The molecule has 0 unspecified atom stereocenters. The van der Waals surface area contributed by atoms with E-state index in [1.54, 1.807) is 12.1 Å². The average molecular weight is 284 g/mol. The van der Waals surface area contributed by atoms with E-state index < -0.39 is 4.92 Å². The predicted molar refractivity (Wildman–Crippen MR) is 79.1 cm³/mol. The van der Waals surface area contributed by atoms with Crippen LogP contribution in [0.15, 0.2) is 36.4 Å². The minimum Gasteiger partial charge on any atom is -0.496 e. The van der Waals surface area contributed by atoms with Crippen molar-refractivity contribution in [1.29, 1.82) is 0 Å². The summed E-state index contributed by atoms with van der Waals surface area (Å²) in [6.07, 6.45) is 0. The zero-order valence-corrected chi connectivity index (χ0v) is 11.2. The van der Waals surface area contributed by atoms with E-state index in [-0.39, 0.29) is 5.69 Å². The van der Waals surface area contributed by atoms with Gasteiger partial charge in [-0.2, -0.15) is 5.10 Å². The molecule has 7 nitrogen and oxygen atoms in total. The molecule has 0 atom stereocenters. The molecule has 0 aliphatic rings. The molecule has 3 aromatic rings. The highest BCUT2D eigenvalue weighted by Gasteiger charge is 2.17. The lowest BCUT2D eigenvalue weighted by Gasteiger charge is -2.06. The number of H-pyrrole nitrogens is 1. The van der Waals surface area contributed by atoms with Crippen LogP contribution in [-0.4, -0.2) is 22.2 Å². The number of nitro benzene ring substituents is 1. The number of ether oxygens (including phenoxy) is 1. The first-order valence-electron chi connectivity index (χ1n) is 6.17. The average Bonchev–Trinajstić information content (AvgIpc) is 2.91. The van der Waals surface area contributed by atoms with Crippen molar-refractivity contribution in [3.63, 3.8) is 0 Å².